The van der Waals surface area contributed by atoms with Crippen LogP contribution in [-0.2, 0) is 25.5 Å². The molecule has 0 radical (unpaired) electrons. The van der Waals surface area contributed by atoms with Crippen molar-refractivity contribution >= 4 is 17.5 Å². The Morgan fingerprint density at radius 1 is 0.885 bits per heavy atom. The van der Waals surface area contributed by atoms with Gasteiger partial charge >= 0.3 is 5.97 Å². The monoisotopic (exact) mass is 356 g/mol. The van der Waals surface area contributed by atoms with Crippen LogP contribution in [0.25, 0.3) is 0 Å². The maximum Gasteiger partial charge on any atom is 0.305 e. The Balaban J connectivity index is 2.30. The number of hydrogen-bond acceptors (Lipinski definition) is 5. The van der Waals surface area contributed by atoms with Crippen molar-refractivity contribution in [3.63, 3.8) is 0 Å². The van der Waals surface area contributed by atoms with Crippen LogP contribution in [0.1, 0.15) is 24.8 Å². The average Bonchev–Trinajstić information content (AvgIpc) is 2.67. The summed E-state index contributed by atoms with van der Waals surface area (Å²) in [5.74, 6) is 0.244. The fourth-order valence-electron chi connectivity index (χ4n) is 2.04. The molecule has 1 aromatic rings. The fraction of sp³-hybridized carbons (Fsp3) is 0.286. The smallest absolute Gasteiger partial charge is 0.305 e. The normalized spacial score (nSPS) is 11.3. The molecule has 0 aliphatic rings. The van der Waals surface area contributed by atoms with E-state index >= 15 is 0 Å². The molecule has 1 rings (SSSR count). The number of ketones is 2. The summed E-state index contributed by atoms with van der Waals surface area (Å²) in [5.41, 5.74) is 1.05. The predicted octanol–water partition coefficient (Wildman–Crippen LogP) is 3.39. The van der Waals surface area contributed by atoms with Crippen molar-refractivity contribution in [2.75, 3.05) is 14.2 Å². The molecule has 0 N–H and O–H groups in total. The number of carbonyl (C=O) groups excluding carboxylic acids is 3. The van der Waals surface area contributed by atoms with Gasteiger partial charge in [-0.25, -0.2) is 0 Å². The van der Waals surface area contributed by atoms with Crippen molar-refractivity contribution < 1.29 is 23.9 Å². The minimum absolute atomic E-state index is 0.0237. The predicted molar refractivity (Wildman–Crippen MR) is 100.0 cm³/mol. The zero-order chi connectivity index (χ0) is 19.2. The van der Waals surface area contributed by atoms with E-state index < -0.39 is 5.97 Å². The molecule has 1 aromatic carbocycles. The lowest BCUT2D eigenvalue weighted by Gasteiger charge is -2.02. The van der Waals surface area contributed by atoms with Gasteiger partial charge in [0, 0.05) is 12.8 Å². The van der Waals surface area contributed by atoms with E-state index in [1.807, 2.05) is 24.3 Å². The van der Waals surface area contributed by atoms with Crippen LogP contribution in [0.5, 0.6) is 5.75 Å². The van der Waals surface area contributed by atoms with Crippen LogP contribution in [0.2, 0.25) is 0 Å². The van der Waals surface area contributed by atoms with E-state index in [1.165, 1.54) is 19.3 Å². The highest BCUT2D eigenvalue weighted by Gasteiger charge is 2.03. The fourth-order valence-corrected chi connectivity index (χ4v) is 2.04. The second-order valence-electron chi connectivity index (χ2n) is 5.46. The van der Waals surface area contributed by atoms with Gasteiger partial charge in [0.2, 0.25) is 0 Å². The number of esters is 1. The maximum atomic E-state index is 11.8. The first-order chi connectivity index (χ1) is 12.5. The van der Waals surface area contributed by atoms with E-state index in [4.69, 9.17) is 4.74 Å². The van der Waals surface area contributed by atoms with Gasteiger partial charge in [0.25, 0.3) is 0 Å². The second-order valence-corrected chi connectivity index (χ2v) is 5.46. The summed E-state index contributed by atoms with van der Waals surface area (Å²) in [4.78, 5) is 34.2. The maximum absolute atomic E-state index is 11.8. The number of rotatable bonds is 11. The first-order valence-electron chi connectivity index (χ1n) is 8.32. The van der Waals surface area contributed by atoms with E-state index in [9.17, 15) is 14.4 Å². The molecular weight excluding hydrogens is 332 g/mol. The molecule has 0 fully saturated rings. The summed E-state index contributed by atoms with van der Waals surface area (Å²) in [5, 5.41) is 0. The van der Waals surface area contributed by atoms with Crippen molar-refractivity contribution in [3.05, 3.63) is 66.3 Å². The molecule has 0 heterocycles. The lowest BCUT2D eigenvalue weighted by molar-refractivity contribution is -0.141. The molecule has 5 heteroatoms. The van der Waals surface area contributed by atoms with E-state index in [0.29, 0.717) is 12.8 Å². The van der Waals surface area contributed by atoms with Gasteiger partial charge in [0.15, 0.2) is 11.6 Å². The highest BCUT2D eigenvalue weighted by molar-refractivity contribution is 5.92. The Morgan fingerprint density at radius 3 is 2.15 bits per heavy atom. The molecule has 0 spiro atoms. The lowest BCUT2D eigenvalue weighted by atomic mass is 10.1. The number of carbonyl (C=O) groups is 3. The number of allylic oxidation sites excluding steroid dienone is 6. The Kier molecular flexibility index (Phi) is 10.1. The number of hydrogen-bond donors (Lipinski definition) is 0. The van der Waals surface area contributed by atoms with Crippen LogP contribution >= 0.6 is 0 Å². The molecule has 0 aliphatic carbocycles. The zero-order valence-corrected chi connectivity index (χ0v) is 15.1. The van der Waals surface area contributed by atoms with Crippen molar-refractivity contribution in [1.82, 2.24) is 0 Å². The number of aryl methyl sites for hydroxylation is 1. The largest absolute Gasteiger partial charge is 0.497 e. The quantitative estimate of drug-likeness (QED) is 0.345. The van der Waals surface area contributed by atoms with Gasteiger partial charge in [-0.05, 0) is 36.3 Å². The van der Waals surface area contributed by atoms with Crippen molar-refractivity contribution in [2.45, 2.75) is 25.7 Å². The molecule has 0 amide bonds. The van der Waals surface area contributed by atoms with Crippen LogP contribution < -0.4 is 4.74 Å². The summed E-state index contributed by atoms with van der Waals surface area (Å²) in [6, 6.07) is 7.64. The van der Waals surface area contributed by atoms with Gasteiger partial charge in [-0.15, -0.1) is 0 Å². The first-order valence-corrected chi connectivity index (χ1v) is 8.32. The van der Waals surface area contributed by atoms with E-state index in [2.05, 4.69) is 4.74 Å². The van der Waals surface area contributed by atoms with Crippen LogP contribution in [0.3, 0.4) is 0 Å². The van der Waals surface area contributed by atoms with Crippen LogP contribution in [0.15, 0.2) is 60.7 Å². The molecule has 0 atom stereocenters. The highest BCUT2D eigenvalue weighted by Crippen LogP contribution is 2.14. The van der Waals surface area contributed by atoms with Crippen molar-refractivity contribution in [2.24, 2.45) is 0 Å². The molecule has 26 heavy (non-hydrogen) atoms. The Hall–Kier alpha value is -2.95. The number of benzene rings is 1. The SMILES string of the molecule is COC(=O)CCC(=O)C=CC=CC=CC(=O)CCc1cccc(OC)c1. The summed E-state index contributed by atoms with van der Waals surface area (Å²) >= 11 is 0. The third-order valence-electron chi connectivity index (χ3n) is 3.49. The molecule has 0 aliphatic heterocycles. The lowest BCUT2D eigenvalue weighted by Crippen LogP contribution is -2.03. The Bertz CT molecular complexity index is 698. The van der Waals surface area contributed by atoms with E-state index in [-0.39, 0.29) is 24.4 Å². The molecule has 0 saturated carbocycles. The van der Waals surface area contributed by atoms with E-state index in [1.54, 1.807) is 31.4 Å². The number of methoxy groups -OCH3 is 2. The molecule has 0 bridgehead atoms. The molecule has 0 aromatic heterocycles. The number of ether oxygens (including phenoxy) is 2. The van der Waals surface area contributed by atoms with Gasteiger partial charge in [0.1, 0.15) is 5.75 Å². The summed E-state index contributed by atoms with van der Waals surface area (Å²) < 4.78 is 9.62. The topological polar surface area (TPSA) is 69.7 Å². The summed E-state index contributed by atoms with van der Waals surface area (Å²) in [7, 11) is 2.90. The zero-order valence-electron chi connectivity index (χ0n) is 15.1. The molecule has 0 unspecified atom stereocenters. The van der Waals surface area contributed by atoms with Crippen LogP contribution in [0, 0.1) is 0 Å². The molecule has 0 saturated heterocycles. The van der Waals surface area contributed by atoms with Crippen molar-refractivity contribution in [1.29, 1.82) is 0 Å². The van der Waals surface area contributed by atoms with E-state index in [0.717, 1.165) is 11.3 Å². The minimum Gasteiger partial charge on any atom is -0.497 e. The molecular formula is C21H24O5. The van der Waals surface area contributed by atoms with Crippen LogP contribution in [-0.4, -0.2) is 31.8 Å². The average molecular weight is 356 g/mol. The third kappa shape index (κ3) is 9.37. The third-order valence-corrected chi connectivity index (χ3v) is 3.49. The Morgan fingerprint density at radius 2 is 1.54 bits per heavy atom. The standard InChI is InChI=1S/C21H24O5/c1-25-20-11-7-8-17(16-20)12-13-18(22)9-5-3-4-6-10-19(23)14-15-21(24)26-2/h3-11,16H,12-15H2,1-2H3. The summed E-state index contributed by atoms with van der Waals surface area (Å²) in [6.45, 7) is 0. The van der Waals surface area contributed by atoms with Gasteiger partial charge in [0.05, 0.1) is 20.6 Å². The summed E-state index contributed by atoms with van der Waals surface area (Å²) in [6.07, 6.45) is 10.7. The molecule has 5 nitrogen and oxygen atoms in total. The van der Waals surface area contributed by atoms with Gasteiger partial charge in [-0.2, -0.15) is 0 Å². The highest BCUT2D eigenvalue weighted by atomic mass is 16.5. The Labute approximate surface area is 154 Å². The molecule has 138 valence electrons. The van der Waals surface area contributed by atoms with Gasteiger partial charge in [-0.3, -0.25) is 14.4 Å². The first kappa shape index (κ1) is 21.1. The van der Waals surface area contributed by atoms with Gasteiger partial charge < -0.3 is 9.47 Å². The second kappa shape index (κ2) is 12.4. The van der Waals surface area contributed by atoms with Crippen LogP contribution in [0.4, 0.5) is 0 Å². The van der Waals surface area contributed by atoms with Crippen molar-refractivity contribution in [3.8, 4) is 5.75 Å². The van der Waals surface area contributed by atoms with Gasteiger partial charge in [-0.1, -0.05) is 36.4 Å². The minimum atomic E-state index is -0.405.